The molecule has 0 radical (unpaired) electrons. The molecule has 0 N–H and O–H groups in total. The van der Waals surface area contributed by atoms with E-state index in [1.807, 2.05) is 36.4 Å². The Morgan fingerprint density at radius 3 is 2.39 bits per heavy atom. The fraction of sp³-hybridized carbons (Fsp3) is 0.0588. The molecule has 0 aromatic heterocycles. The highest BCUT2D eigenvalue weighted by atomic mass is 32.2. The molecule has 5 nitrogen and oxygen atoms in total. The van der Waals surface area contributed by atoms with Crippen molar-refractivity contribution in [3.63, 3.8) is 0 Å². The van der Waals surface area contributed by atoms with E-state index in [-0.39, 0.29) is 17.6 Å². The number of benzene rings is 2. The summed E-state index contributed by atoms with van der Waals surface area (Å²) in [5.74, 6) is -0.468. The van der Waals surface area contributed by atoms with Crippen LogP contribution in [-0.4, -0.2) is 33.8 Å². The zero-order chi connectivity index (χ0) is 16.1. The van der Waals surface area contributed by atoms with Gasteiger partial charge in [-0.25, -0.2) is 4.90 Å². The van der Waals surface area contributed by atoms with E-state index in [0.717, 1.165) is 10.5 Å². The van der Waals surface area contributed by atoms with E-state index in [2.05, 4.69) is 10.2 Å². The Morgan fingerprint density at radius 1 is 1.04 bits per heavy atom. The third kappa shape index (κ3) is 3.54. The highest BCUT2D eigenvalue weighted by Gasteiger charge is 2.34. The van der Waals surface area contributed by atoms with E-state index in [4.69, 9.17) is 0 Å². The van der Waals surface area contributed by atoms with Crippen LogP contribution in [0.3, 0.4) is 0 Å². The Morgan fingerprint density at radius 2 is 1.70 bits per heavy atom. The standard InChI is InChI=1S/C17H13N3O2S/c21-15-12-23-17(19-18-11-13-7-3-1-4-8-13)20(15)16(22)14-9-5-2-6-10-14/h1-11H,12H2/b18-11-,19-17+. The van der Waals surface area contributed by atoms with Crippen LogP contribution in [0.25, 0.3) is 0 Å². The maximum atomic E-state index is 12.5. The summed E-state index contributed by atoms with van der Waals surface area (Å²) >= 11 is 1.21. The van der Waals surface area contributed by atoms with Crippen molar-refractivity contribution in [3.05, 3.63) is 71.8 Å². The molecule has 2 aromatic carbocycles. The molecule has 6 heteroatoms. The van der Waals surface area contributed by atoms with Gasteiger partial charge in [-0.3, -0.25) is 9.59 Å². The Labute approximate surface area is 137 Å². The average Bonchev–Trinajstić information content (AvgIpc) is 2.97. The van der Waals surface area contributed by atoms with E-state index in [9.17, 15) is 9.59 Å². The minimum absolute atomic E-state index is 0.193. The van der Waals surface area contributed by atoms with E-state index >= 15 is 0 Å². The summed E-state index contributed by atoms with van der Waals surface area (Å²) in [6.07, 6.45) is 1.58. The van der Waals surface area contributed by atoms with Gasteiger partial charge in [-0.05, 0) is 17.7 Å². The van der Waals surface area contributed by atoms with Gasteiger partial charge in [0.2, 0.25) is 5.91 Å². The molecule has 0 spiro atoms. The molecular formula is C17H13N3O2S. The lowest BCUT2D eigenvalue weighted by atomic mass is 10.2. The molecule has 0 atom stereocenters. The Balaban J connectivity index is 1.81. The summed E-state index contributed by atoms with van der Waals surface area (Å²) in [7, 11) is 0. The molecule has 2 amide bonds. The summed E-state index contributed by atoms with van der Waals surface area (Å²) in [6, 6.07) is 18.2. The molecule has 0 bridgehead atoms. The van der Waals surface area contributed by atoms with Crippen LogP contribution in [0.1, 0.15) is 15.9 Å². The van der Waals surface area contributed by atoms with Gasteiger partial charge in [-0.15, -0.1) is 5.10 Å². The van der Waals surface area contributed by atoms with Crippen molar-refractivity contribution in [1.82, 2.24) is 4.90 Å². The van der Waals surface area contributed by atoms with Crippen molar-refractivity contribution in [1.29, 1.82) is 0 Å². The van der Waals surface area contributed by atoms with Gasteiger partial charge in [0.15, 0.2) is 5.17 Å². The topological polar surface area (TPSA) is 62.1 Å². The molecular weight excluding hydrogens is 310 g/mol. The predicted molar refractivity (Wildman–Crippen MR) is 91.5 cm³/mol. The third-order valence-corrected chi connectivity index (χ3v) is 4.05. The van der Waals surface area contributed by atoms with Crippen molar-refractivity contribution in [2.45, 2.75) is 0 Å². The summed E-state index contributed by atoms with van der Waals surface area (Å²) in [6.45, 7) is 0. The van der Waals surface area contributed by atoms with Crippen molar-refractivity contribution >= 4 is 35.0 Å². The van der Waals surface area contributed by atoms with E-state index in [1.54, 1.807) is 30.5 Å². The number of amidine groups is 1. The van der Waals surface area contributed by atoms with Crippen molar-refractivity contribution < 1.29 is 9.59 Å². The molecule has 0 aliphatic carbocycles. The van der Waals surface area contributed by atoms with Crippen LogP contribution in [0.5, 0.6) is 0 Å². The smallest absolute Gasteiger partial charge is 0.266 e. The molecule has 1 aliphatic heterocycles. The first-order chi connectivity index (χ1) is 11.3. The maximum Gasteiger partial charge on any atom is 0.266 e. The van der Waals surface area contributed by atoms with Gasteiger partial charge in [-0.1, -0.05) is 60.3 Å². The lowest BCUT2D eigenvalue weighted by Gasteiger charge is -2.12. The molecule has 3 rings (SSSR count). The van der Waals surface area contributed by atoms with Gasteiger partial charge in [0.05, 0.1) is 12.0 Å². The molecule has 1 fully saturated rings. The molecule has 1 saturated heterocycles. The maximum absolute atomic E-state index is 12.5. The number of hydrogen-bond donors (Lipinski definition) is 0. The first-order valence-electron chi connectivity index (χ1n) is 6.97. The largest absolute Gasteiger partial charge is 0.273 e. The van der Waals surface area contributed by atoms with Crippen molar-refractivity contribution in [2.75, 3.05) is 5.75 Å². The van der Waals surface area contributed by atoms with Crippen molar-refractivity contribution in [2.24, 2.45) is 10.2 Å². The van der Waals surface area contributed by atoms with Crippen molar-refractivity contribution in [3.8, 4) is 0 Å². The molecule has 0 saturated carbocycles. The lowest BCUT2D eigenvalue weighted by Crippen LogP contribution is -2.35. The number of carbonyl (C=O) groups excluding carboxylic acids is 2. The second kappa shape index (κ2) is 7.02. The molecule has 1 heterocycles. The first-order valence-corrected chi connectivity index (χ1v) is 7.95. The van der Waals surface area contributed by atoms with Crippen LogP contribution in [0, 0.1) is 0 Å². The van der Waals surface area contributed by atoms with Gasteiger partial charge < -0.3 is 0 Å². The lowest BCUT2D eigenvalue weighted by molar-refractivity contribution is -0.122. The van der Waals surface area contributed by atoms with Gasteiger partial charge in [0, 0.05) is 5.56 Å². The fourth-order valence-electron chi connectivity index (χ4n) is 2.03. The predicted octanol–water partition coefficient (Wildman–Crippen LogP) is 2.79. The van der Waals surface area contributed by atoms with Crippen LogP contribution in [0.15, 0.2) is 70.9 Å². The molecule has 1 aliphatic rings. The molecule has 114 valence electrons. The number of amides is 2. The van der Waals surface area contributed by atoms with Gasteiger partial charge >= 0.3 is 0 Å². The number of carbonyl (C=O) groups is 2. The first kappa shape index (κ1) is 15.2. The fourth-order valence-corrected chi connectivity index (χ4v) is 2.83. The minimum Gasteiger partial charge on any atom is -0.273 e. The monoisotopic (exact) mass is 323 g/mol. The Bertz CT molecular complexity index is 773. The Kier molecular flexibility index (Phi) is 4.63. The van der Waals surface area contributed by atoms with E-state index in [0.29, 0.717) is 10.7 Å². The molecule has 23 heavy (non-hydrogen) atoms. The number of rotatable bonds is 3. The Hall–Kier alpha value is -2.73. The van der Waals surface area contributed by atoms with Crippen LogP contribution in [0.4, 0.5) is 0 Å². The van der Waals surface area contributed by atoms with Crippen LogP contribution >= 0.6 is 11.8 Å². The van der Waals surface area contributed by atoms with Gasteiger partial charge in [0.1, 0.15) is 0 Å². The second-order valence-corrected chi connectivity index (χ2v) is 5.67. The number of thioether (sulfide) groups is 1. The summed E-state index contributed by atoms with van der Waals surface area (Å²) < 4.78 is 0. The molecule has 2 aromatic rings. The number of hydrogen-bond acceptors (Lipinski definition) is 5. The SMILES string of the molecule is O=C1CS/C(=N/N=C\c2ccccc2)N1C(=O)c1ccccc1. The third-order valence-electron chi connectivity index (χ3n) is 3.14. The summed E-state index contributed by atoms with van der Waals surface area (Å²) in [4.78, 5) is 25.5. The number of nitrogens with zero attached hydrogens (tertiary/aromatic N) is 3. The second-order valence-electron chi connectivity index (χ2n) is 4.73. The van der Waals surface area contributed by atoms with Crippen LogP contribution < -0.4 is 0 Å². The van der Waals surface area contributed by atoms with Gasteiger partial charge in [0.25, 0.3) is 5.91 Å². The quantitative estimate of drug-likeness (QED) is 0.496. The summed E-state index contributed by atoms with van der Waals surface area (Å²) in [5.41, 5.74) is 1.34. The number of imide groups is 1. The zero-order valence-corrected chi connectivity index (χ0v) is 12.9. The van der Waals surface area contributed by atoms with Crippen LogP contribution in [-0.2, 0) is 4.79 Å². The zero-order valence-electron chi connectivity index (χ0n) is 12.1. The minimum atomic E-state index is -0.380. The normalized spacial score (nSPS) is 16.4. The molecule has 0 unspecified atom stereocenters. The average molecular weight is 323 g/mol. The van der Waals surface area contributed by atoms with E-state index in [1.165, 1.54) is 11.8 Å². The van der Waals surface area contributed by atoms with E-state index < -0.39 is 0 Å². The highest BCUT2D eigenvalue weighted by Crippen LogP contribution is 2.22. The summed E-state index contributed by atoms with van der Waals surface area (Å²) in [5, 5.41) is 8.31. The highest BCUT2D eigenvalue weighted by molar-refractivity contribution is 8.15. The van der Waals surface area contributed by atoms with Crippen LogP contribution in [0.2, 0.25) is 0 Å². The van der Waals surface area contributed by atoms with Gasteiger partial charge in [-0.2, -0.15) is 5.10 Å².